The van der Waals surface area contributed by atoms with Gasteiger partial charge in [-0.05, 0) is 43.0 Å². The van der Waals surface area contributed by atoms with Crippen molar-refractivity contribution in [1.82, 2.24) is 9.47 Å². The average molecular weight is 469 g/mol. The number of carbonyl (C=O) groups excluding carboxylic acids is 3. The van der Waals surface area contributed by atoms with Gasteiger partial charge in [-0.15, -0.1) is 0 Å². The quantitative estimate of drug-likeness (QED) is 0.374. The number of hydrogen-bond donors (Lipinski definition) is 0. The van der Waals surface area contributed by atoms with Gasteiger partial charge < -0.3 is 4.57 Å². The highest BCUT2D eigenvalue weighted by Gasteiger charge is 2.36. The van der Waals surface area contributed by atoms with Crippen molar-refractivity contribution < 1.29 is 14.4 Å². The van der Waals surface area contributed by atoms with Gasteiger partial charge in [-0.3, -0.25) is 19.3 Å². The molecule has 0 N–H and O–H groups in total. The number of nitrogens with zero attached hydrogens (tertiary/aromatic N) is 2. The highest BCUT2D eigenvalue weighted by molar-refractivity contribution is 9.10. The minimum Gasteiger partial charge on any atom is -0.347 e. The normalized spacial score (nSPS) is 15.7. The monoisotopic (exact) mass is 468 g/mol. The Morgan fingerprint density at radius 1 is 1.10 bits per heavy atom. The third-order valence-electron chi connectivity index (χ3n) is 4.79. The second-order valence-corrected chi connectivity index (χ2v) is 8.49. The van der Waals surface area contributed by atoms with Crippen LogP contribution >= 0.6 is 27.7 Å². The first-order valence-corrected chi connectivity index (χ1v) is 10.7. The molecule has 0 atom stereocenters. The second-order valence-electron chi connectivity index (χ2n) is 6.59. The minimum absolute atomic E-state index is 0.264. The van der Waals surface area contributed by atoms with Crippen LogP contribution in [0.4, 0.5) is 4.79 Å². The Morgan fingerprint density at radius 2 is 1.83 bits per heavy atom. The van der Waals surface area contributed by atoms with Crippen LogP contribution in [0, 0.1) is 0 Å². The summed E-state index contributed by atoms with van der Waals surface area (Å²) in [5, 5.41) is 0.595. The van der Waals surface area contributed by atoms with Crippen molar-refractivity contribution >= 4 is 61.6 Å². The molecular weight excluding hydrogens is 452 g/mol. The second kappa shape index (κ2) is 8.00. The van der Waals surface area contributed by atoms with Crippen LogP contribution in [0.5, 0.6) is 0 Å². The molecule has 0 unspecified atom stereocenters. The summed E-state index contributed by atoms with van der Waals surface area (Å²) >= 11 is 4.19. The molecule has 2 aromatic carbocycles. The summed E-state index contributed by atoms with van der Waals surface area (Å²) in [6.07, 6.45) is 3.72. The minimum atomic E-state index is -0.432. The van der Waals surface area contributed by atoms with Crippen LogP contribution in [0.3, 0.4) is 0 Å². The number of hydrogen-bond acceptors (Lipinski definition) is 4. The van der Waals surface area contributed by atoms with Crippen LogP contribution in [-0.4, -0.2) is 32.9 Å². The van der Waals surface area contributed by atoms with Crippen molar-refractivity contribution in [2.24, 2.45) is 0 Å². The first-order chi connectivity index (χ1) is 14.0. The van der Waals surface area contributed by atoms with Gasteiger partial charge >= 0.3 is 0 Å². The number of amides is 2. The van der Waals surface area contributed by atoms with Gasteiger partial charge in [0, 0.05) is 39.2 Å². The maximum absolute atomic E-state index is 12.8. The van der Waals surface area contributed by atoms with Crippen LogP contribution in [0.15, 0.2) is 64.1 Å². The zero-order valence-corrected chi connectivity index (χ0v) is 18.0. The van der Waals surface area contributed by atoms with E-state index in [4.69, 9.17) is 0 Å². The molecule has 0 bridgehead atoms. The van der Waals surface area contributed by atoms with E-state index in [0.717, 1.165) is 44.1 Å². The molecule has 1 aliphatic heterocycles. The third-order valence-corrected chi connectivity index (χ3v) is 6.22. The number of rotatable bonds is 5. The van der Waals surface area contributed by atoms with Crippen molar-refractivity contribution in [1.29, 1.82) is 0 Å². The summed E-state index contributed by atoms with van der Waals surface area (Å²) in [7, 11) is 0. The van der Waals surface area contributed by atoms with E-state index < -0.39 is 11.1 Å². The number of carbonyl (C=O) groups is 3. The number of thioether (sulfide) groups is 1. The standard InChI is InChI=1S/C22H17BrN2O3S/c1-2-24-12-15(17-5-3-4-6-18(17)24)11-20-21(27)25(22(28)29-20)13-19(26)14-7-9-16(23)10-8-14/h3-12H,2,13H2,1H3/b20-11-. The van der Waals surface area contributed by atoms with Crippen molar-refractivity contribution in [3.8, 4) is 0 Å². The third kappa shape index (κ3) is 3.80. The Balaban J connectivity index is 1.60. The number of fused-ring (bicyclic) bond motifs is 1. The van der Waals surface area contributed by atoms with Crippen molar-refractivity contribution in [3.05, 3.63) is 75.2 Å². The lowest BCUT2D eigenvalue weighted by atomic mass is 10.1. The highest BCUT2D eigenvalue weighted by Crippen LogP contribution is 2.34. The number of para-hydroxylation sites is 1. The number of aromatic nitrogens is 1. The predicted octanol–water partition coefficient (Wildman–Crippen LogP) is 5.34. The lowest BCUT2D eigenvalue weighted by molar-refractivity contribution is -0.122. The van der Waals surface area contributed by atoms with Gasteiger partial charge in [0.2, 0.25) is 0 Å². The molecule has 5 nitrogen and oxygen atoms in total. The summed E-state index contributed by atoms with van der Waals surface area (Å²) in [6.45, 7) is 2.59. The number of Topliss-reactive ketones (excluding diaryl/α,β-unsaturated/α-hetero) is 1. The Hall–Kier alpha value is -2.64. The van der Waals surface area contributed by atoms with Gasteiger partial charge in [-0.25, -0.2) is 0 Å². The van der Waals surface area contributed by atoms with Gasteiger partial charge in [0.05, 0.1) is 11.4 Å². The molecule has 1 saturated heterocycles. The number of ketones is 1. The summed E-state index contributed by atoms with van der Waals surface area (Å²) in [5.74, 6) is -0.706. The predicted molar refractivity (Wildman–Crippen MR) is 119 cm³/mol. The molecule has 146 valence electrons. The molecule has 29 heavy (non-hydrogen) atoms. The number of imide groups is 1. The fourth-order valence-electron chi connectivity index (χ4n) is 3.30. The molecule has 3 aromatic rings. The fourth-order valence-corrected chi connectivity index (χ4v) is 4.39. The molecular formula is C22H17BrN2O3S. The van der Waals surface area contributed by atoms with Gasteiger partial charge in [0.1, 0.15) is 0 Å². The van der Waals surface area contributed by atoms with E-state index >= 15 is 0 Å². The first-order valence-electron chi connectivity index (χ1n) is 9.10. The van der Waals surface area contributed by atoms with E-state index in [2.05, 4.69) is 27.4 Å². The van der Waals surface area contributed by atoms with Crippen molar-refractivity contribution in [3.63, 3.8) is 0 Å². The smallest absolute Gasteiger partial charge is 0.293 e. The SMILES string of the molecule is CCn1cc(/C=C2\SC(=O)N(CC(=O)c3ccc(Br)cc3)C2=O)c2ccccc21. The molecule has 0 saturated carbocycles. The van der Waals surface area contributed by atoms with Crippen LogP contribution < -0.4 is 0 Å². The summed E-state index contributed by atoms with van der Waals surface area (Å²) in [5.41, 5.74) is 2.42. The molecule has 1 fully saturated rings. The largest absolute Gasteiger partial charge is 0.347 e. The van der Waals surface area contributed by atoms with E-state index in [9.17, 15) is 14.4 Å². The topological polar surface area (TPSA) is 59.4 Å². The van der Waals surface area contributed by atoms with Crippen LogP contribution in [-0.2, 0) is 11.3 Å². The molecule has 2 heterocycles. The van der Waals surface area contributed by atoms with Crippen LogP contribution in [0.1, 0.15) is 22.8 Å². The maximum atomic E-state index is 12.8. The Bertz CT molecular complexity index is 1160. The Labute approximate surface area is 180 Å². The number of halogens is 1. The zero-order valence-electron chi connectivity index (χ0n) is 15.6. The molecule has 2 amide bonds. The zero-order chi connectivity index (χ0) is 20.5. The molecule has 4 rings (SSSR count). The van der Waals surface area contributed by atoms with Crippen LogP contribution in [0.2, 0.25) is 0 Å². The van der Waals surface area contributed by atoms with E-state index in [1.165, 1.54) is 0 Å². The summed E-state index contributed by atoms with van der Waals surface area (Å²) < 4.78 is 2.96. The highest BCUT2D eigenvalue weighted by atomic mass is 79.9. The van der Waals surface area contributed by atoms with Gasteiger partial charge in [-0.2, -0.15) is 0 Å². The molecule has 1 aromatic heterocycles. The van der Waals surface area contributed by atoms with E-state index in [1.807, 2.05) is 30.5 Å². The lowest BCUT2D eigenvalue weighted by Gasteiger charge is -2.11. The molecule has 7 heteroatoms. The molecule has 0 spiro atoms. The van der Waals surface area contributed by atoms with Gasteiger partial charge in [0.15, 0.2) is 5.78 Å². The van der Waals surface area contributed by atoms with Gasteiger partial charge in [0.25, 0.3) is 11.1 Å². The van der Waals surface area contributed by atoms with Crippen molar-refractivity contribution in [2.45, 2.75) is 13.5 Å². The summed E-state index contributed by atoms with van der Waals surface area (Å²) in [6, 6.07) is 14.8. The number of aryl methyl sites for hydroxylation is 1. The van der Waals surface area contributed by atoms with Gasteiger partial charge in [-0.1, -0.05) is 46.3 Å². The maximum Gasteiger partial charge on any atom is 0.293 e. The lowest BCUT2D eigenvalue weighted by Crippen LogP contribution is -2.33. The molecule has 1 aliphatic rings. The molecule has 0 radical (unpaired) electrons. The fraction of sp³-hybridized carbons (Fsp3) is 0.136. The molecule has 0 aliphatic carbocycles. The van der Waals surface area contributed by atoms with E-state index in [1.54, 1.807) is 30.3 Å². The van der Waals surface area contributed by atoms with Crippen LogP contribution in [0.25, 0.3) is 17.0 Å². The van der Waals surface area contributed by atoms with E-state index in [0.29, 0.717) is 10.5 Å². The van der Waals surface area contributed by atoms with E-state index in [-0.39, 0.29) is 12.3 Å². The average Bonchev–Trinajstić information content (AvgIpc) is 3.21. The Kier molecular flexibility index (Phi) is 5.43. The Morgan fingerprint density at radius 3 is 2.55 bits per heavy atom. The number of benzene rings is 2. The summed E-state index contributed by atoms with van der Waals surface area (Å²) in [4.78, 5) is 39.0. The first kappa shape index (κ1) is 19.7. The van der Waals surface area contributed by atoms with Crippen molar-refractivity contribution in [2.75, 3.05) is 6.54 Å².